The maximum Gasteiger partial charge on any atom is 0.334 e. The van der Waals surface area contributed by atoms with Crippen LogP contribution in [0.5, 0.6) is 0 Å². The monoisotopic (exact) mass is 390 g/mol. The molecule has 0 bridgehead atoms. The first-order chi connectivity index (χ1) is 13.2. The summed E-state index contributed by atoms with van der Waals surface area (Å²) < 4.78 is 23.3. The van der Waals surface area contributed by atoms with Gasteiger partial charge in [-0.05, 0) is 46.3 Å². The summed E-state index contributed by atoms with van der Waals surface area (Å²) in [5.41, 5.74) is 1.40. The van der Waals surface area contributed by atoms with Crippen LogP contribution in [0.15, 0.2) is 35.5 Å². The van der Waals surface area contributed by atoms with E-state index in [0.717, 1.165) is 5.57 Å². The van der Waals surface area contributed by atoms with E-state index in [1.807, 2.05) is 26.8 Å². The molecule has 3 rings (SSSR count). The van der Waals surface area contributed by atoms with Gasteiger partial charge >= 0.3 is 11.9 Å². The minimum Gasteiger partial charge on any atom is -0.458 e. The highest BCUT2D eigenvalue weighted by Gasteiger charge is 2.57. The first-order valence-corrected chi connectivity index (χ1v) is 9.91. The number of carbonyl (C=O) groups is 2. The molecule has 2 fully saturated rings. The quantitative estimate of drug-likeness (QED) is 0.317. The van der Waals surface area contributed by atoms with E-state index in [9.17, 15) is 9.59 Å². The molecular weight excluding hydrogens is 360 g/mol. The van der Waals surface area contributed by atoms with Crippen molar-refractivity contribution in [2.45, 2.75) is 77.5 Å². The Morgan fingerprint density at radius 1 is 1.46 bits per heavy atom. The van der Waals surface area contributed by atoms with Gasteiger partial charge in [-0.25, -0.2) is 9.59 Å². The molecule has 1 aliphatic carbocycles. The van der Waals surface area contributed by atoms with Crippen LogP contribution in [0, 0.1) is 5.92 Å². The highest BCUT2D eigenvalue weighted by Crippen LogP contribution is 2.48. The molecule has 0 amide bonds. The van der Waals surface area contributed by atoms with E-state index in [2.05, 4.69) is 6.58 Å². The summed E-state index contributed by atoms with van der Waals surface area (Å²) >= 11 is 0. The molecular formula is C22H30O6. The summed E-state index contributed by atoms with van der Waals surface area (Å²) in [4.78, 5) is 24.8. The van der Waals surface area contributed by atoms with E-state index in [1.54, 1.807) is 19.9 Å². The Kier molecular flexibility index (Phi) is 5.82. The van der Waals surface area contributed by atoms with Crippen molar-refractivity contribution in [3.8, 4) is 0 Å². The van der Waals surface area contributed by atoms with Gasteiger partial charge in [-0.2, -0.15) is 0 Å². The van der Waals surface area contributed by atoms with Crippen molar-refractivity contribution in [1.29, 1.82) is 0 Å². The van der Waals surface area contributed by atoms with Gasteiger partial charge in [0.1, 0.15) is 12.2 Å². The number of hydrogen-bond acceptors (Lipinski definition) is 6. The zero-order valence-corrected chi connectivity index (χ0v) is 17.3. The van der Waals surface area contributed by atoms with Crippen LogP contribution >= 0.6 is 0 Å². The molecule has 0 spiro atoms. The van der Waals surface area contributed by atoms with Crippen LogP contribution in [0.1, 0.15) is 47.5 Å². The lowest BCUT2D eigenvalue weighted by molar-refractivity contribution is -0.148. The maximum atomic E-state index is 12.5. The van der Waals surface area contributed by atoms with Crippen molar-refractivity contribution in [1.82, 2.24) is 0 Å². The zero-order chi connectivity index (χ0) is 20.6. The van der Waals surface area contributed by atoms with Gasteiger partial charge in [0.2, 0.25) is 0 Å². The van der Waals surface area contributed by atoms with Gasteiger partial charge < -0.3 is 18.9 Å². The van der Waals surface area contributed by atoms with Gasteiger partial charge in [0, 0.05) is 30.6 Å². The Hall–Kier alpha value is -1.92. The molecule has 6 heteroatoms. The van der Waals surface area contributed by atoms with Crippen molar-refractivity contribution in [3.05, 3.63) is 35.5 Å². The van der Waals surface area contributed by atoms with E-state index in [1.165, 1.54) is 0 Å². The molecule has 0 radical (unpaired) electrons. The van der Waals surface area contributed by atoms with E-state index < -0.39 is 35.7 Å². The fourth-order valence-electron chi connectivity index (χ4n) is 4.09. The zero-order valence-electron chi connectivity index (χ0n) is 17.3. The summed E-state index contributed by atoms with van der Waals surface area (Å²) in [6, 6.07) is 0. The normalized spacial score (nSPS) is 38.1. The highest BCUT2D eigenvalue weighted by molar-refractivity contribution is 5.92. The highest BCUT2D eigenvalue weighted by atomic mass is 16.6. The topological polar surface area (TPSA) is 74.4 Å². The van der Waals surface area contributed by atoms with Crippen molar-refractivity contribution in [2.75, 3.05) is 6.61 Å². The van der Waals surface area contributed by atoms with Crippen molar-refractivity contribution in [2.24, 2.45) is 5.92 Å². The first-order valence-electron chi connectivity index (χ1n) is 9.91. The summed E-state index contributed by atoms with van der Waals surface area (Å²) in [6.07, 6.45) is 3.62. The van der Waals surface area contributed by atoms with Gasteiger partial charge in [-0.15, -0.1) is 0 Å². The predicted molar refractivity (Wildman–Crippen MR) is 104 cm³/mol. The van der Waals surface area contributed by atoms with Crippen LogP contribution < -0.4 is 0 Å². The second-order valence-electron chi connectivity index (χ2n) is 8.05. The molecule has 2 saturated heterocycles. The molecule has 28 heavy (non-hydrogen) atoms. The van der Waals surface area contributed by atoms with E-state index in [-0.39, 0.29) is 12.2 Å². The Morgan fingerprint density at radius 3 is 2.82 bits per heavy atom. The Balaban J connectivity index is 1.98. The molecule has 0 saturated carbocycles. The van der Waals surface area contributed by atoms with Gasteiger partial charge in [0.15, 0.2) is 0 Å². The molecule has 0 N–H and O–H groups in total. The summed E-state index contributed by atoms with van der Waals surface area (Å²) in [5.74, 6) is -1.30. The maximum absolute atomic E-state index is 12.5. The molecule has 3 aliphatic rings. The summed E-state index contributed by atoms with van der Waals surface area (Å²) in [6.45, 7) is 14.0. The largest absolute Gasteiger partial charge is 0.458 e. The van der Waals surface area contributed by atoms with Crippen LogP contribution in [-0.2, 0) is 28.5 Å². The Bertz CT molecular complexity index is 735. The van der Waals surface area contributed by atoms with Crippen molar-refractivity contribution < 1.29 is 28.5 Å². The molecule has 6 atom stereocenters. The van der Waals surface area contributed by atoms with E-state index in [4.69, 9.17) is 18.9 Å². The van der Waals surface area contributed by atoms with E-state index in [0.29, 0.717) is 30.6 Å². The number of fused-ring (bicyclic) bond motifs is 2. The van der Waals surface area contributed by atoms with Gasteiger partial charge in [-0.3, -0.25) is 0 Å². The molecule has 6 nitrogen and oxygen atoms in total. The average Bonchev–Trinajstić information content (AvgIpc) is 3.18. The fourth-order valence-corrected chi connectivity index (χ4v) is 4.09. The molecule has 154 valence electrons. The summed E-state index contributed by atoms with van der Waals surface area (Å²) in [5, 5.41) is 0. The second-order valence-corrected chi connectivity index (χ2v) is 8.05. The number of allylic oxidation sites excluding steroid dienone is 1. The second kappa shape index (κ2) is 7.84. The average molecular weight is 390 g/mol. The molecule has 2 aliphatic heterocycles. The molecule has 0 aromatic rings. The first kappa shape index (κ1) is 20.8. The van der Waals surface area contributed by atoms with Crippen LogP contribution in [-0.4, -0.2) is 48.6 Å². The number of hydrogen-bond donors (Lipinski definition) is 0. The lowest BCUT2D eigenvalue weighted by Crippen LogP contribution is -2.38. The third-order valence-corrected chi connectivity index (χ3v) is 6.05. The fraction of sp³-hybridized carbons (Fsp3) is 0.636. The third kappa shape index (κ3) is 3.94. The SMILES string of the molecule is C=C1C(=O)OC2C=C(C)C(OCC)CC3OC3(C)CC(OC(=O)C(C)=CC)C12. The lowest BCUT2D eigenvalue weighted by atomic mass is 9.82. The predicted octanol–water partition coefficient (Wildman–Crippen LogP) is 3.26. The van der Waals surface area contributed by atoms with Crippen LogP contribution in [0.25, 0.3) is 0 Å². The molecule has 0 aromatic heterocycles. The standard InChI is InChI=1S/C22H30O6/c1-7-12(3)20(23)27-17-11-22(6)18(28-22)10-15(25-8-2)13(4)9-16-19(17)14(5)21(24)26-16/h7,9,15-19H,5,8,10-11H2,1-4,6H3. The van der Waals surface area contributed by atoms with Crippen molar-refractivity contribution in [3.63, 3.8) is 0 Å². The molecule has 2 heterocycles. The molecule has 6 unspecified atom stereocenters. The van der Waals surface area contributed by atoms with Crippen LogP contribution in [0.4, 0.5) is 0 Å². The lowest BCUT2D eigenvalue weighted by Gasteiger charge is -2.29. The van der Waals surface area contributed by atoms with Crippen LogP contribution in [0.2, 0.25) is 0 Å². The smallest absolute Gasteiger partial charge is 0.334 e. The Labute approximate surface area is 166 Å². The number of epoxide rings is 1. The van der Waals surface area contributed by atoms with Gasteiger partial charge in [0.05, 0.1) is 23.7 Å². The van der Waals surface area contributed by atoms with E-state index >= 15 is 0 Å². The number of esters is 2. The number of rotatable bonds is 4. The third-order valence-electron chi connectivity index (χ3n) is 6.05. The number of ether oxygens (including phenoxy) is 4. The minimum absolute atomic E-state index is 0.0132. The van der Waals surface area contributed by atoms with Gasteiger partial charge in [0.25, 0.3) is 0 Å². The van der Waals surface area contributed by atoms with Crippen LogP contribution in [0.3, 0.4) is 0 Å². The summed E-state index contributed by atoms with van der Waals surface area (Å²) in [7, 11) is 0. The van der Waals surface area contributed by atoms with Crippen molar-refractivity contribution >= 4 is 11.9 Å². The minimum atomic E-state index is -0.561. The number of carbonyl (C=O) groups excluding carboxylic acids is 2. The Morgan fingerprint density at radius 2 is 2.18 bits per heavy atom. The van der Waals surface area contributed by atoms with Gasteiger partial charge in [-0.1, -0.05) is 12.7 Å². The molecule has 0 aromatic carbocycles.